The first-order chi connectivity index (χ1) is 46.8. The van der Waals surface area contributed by atoms with Gasteiger partial charge in [-0.1, -0.05) is 147 Å². The van der Waals surface area contributed by atoms with E-state index >= 15 is 0 Å². The normalized spacial score (nSPS) is 11.5. The number of esters is 2. The van der Waals surface area contributed by atoms with E-state index in [2.05, 4.69) is 114 Å². The molecule has 0 unspecified atom stereocenters. The molecule has 13 nitrogen and oxygen atoms in total. The average molecular weight is 1480 g/mol. The summed E-state index contributed by atoms with van der Waals surface area (Å²) in [4.78, 5) is 57.6. The second-order valence-electron chi connectivity index (χ2n) is 20.5. The smallest absolute Gasteiger partial charge is 0.478 e. The van der Waals surface area contributed by atoms with Crippen LogP contribution in [0.25, 0.3) is 43.9 Å². The summed E-state index contributed by atoms with van der Waals surface area (Å²) in [5.41, 5.74) is 11.0. The van der Waals surface area contributed by atoms with E-state index in [1.807, 2.05) is 123 Å². The monoisotopic (exact) mass is 1480 g/mol. The Balaban J connectivity index is 0.000000156. The van der Waals surface area contributed by atoms with E-state index in [1.54, 1.807) is 42.5 Å². The summed E-state index contributed by atoms with van der Waals surface area (Å²) in [7, 11) is -3.67. The van der Waals surface area contributed by atoms with Gasteiger partial charge in [-0.15, -0.1) is 0 Å². The number of hydrogen-bond acceptors (Lipinski definition) is 12. The zero-order chi connectivity index (χ0) is 70.7. The molecule has 0 bridgehead atoms. The number of alkyl halides is 6. The van der Waals surface area contributed by atoms with Crippen LogP contribution in [0.1, 0.15) is 46.5 Å². The van der Waals surface area contributed by atoms with Crippen LogP contribution in [0.3, 0.4) is 0 Å². The van der Waals surface area contributed by atoms with E-state index in [0.29, 0.717) is 55.4 Å². The van der Waals surface area contributed by atoms with Gasteiger partial charge in [-0.25, -0.2) is 14.4 Å². The number of para-hydroxylation sites is 7. The second kappa shape index (κ2) is 33.9. The number of carboxylic acid groups (broad SMARTS) is 1. The van der Waals surface area contributed by atoms with Crippen LogP contribution < -0.4 is 25.2 Å². The number of carboxylic acids is 1. The largest absolute Gasteiger partial charge is 0.762 e. The Bertz CT molecular complexity index is 4740. The quantitative estimate of drug-likeness (QED) is 0.0549. The molecule has 12 aromatic rings. The van der Waals surface area contributed by atoms with E-state index in [9.17, 15) is 63.3 Å². The molecule has 10 aromatic carbocycles. The Morgan fingerprint density at radius 2 is 0.888 bits per heavy atom. The number of anilines is 3. The summed E-state index contributed by atoms with van der Waals surface area (Å²) < 4.78 is 128. The number of carbonyl (C=O) groups excluding carboxylic acids is 2. The highest BCUT2D eigenvalue weighted by atomic mass is 79.9. The molecule has 2 aliphatic rings. The number of ether oxygens (including phenoxy) is 4. The van der Waals surface area contributed by atoms with Crippen LogP contribution in [-0.2, 0) is 31.9 Å². The number of nitrogens with zero attached hydrogens (tertiary/aromatic N) is 1. The highest BCUT2D eigenvalue weighted by Crippen LogP contribution is 2.44. The Labute approximate surface area is 569 Å². The second-order valence-corrected chi connectivity index (χ2v) is 22.3. The van der Waals surface area contributed by atoms with Crippen molar-refractivity contribution < 1.29 is 86.6 Å². The summed E-state index contributed by atoms with van der Waals surface area (Å²) in [6.07, 6.45) is -9.36. The first kappa shape index (κ1) is 73.3. The fraction of sp³-hybridized carbons (Fsp3) is 0.110. The summed E-state index contributed by atoms with van der Waals surface area (Å²) >= 11 is 6.64. The van der Waals surface area contributed by atoms with Crippen molar-refractivity contribution in [3.05, 3.63) is 288 Å². The maximum atomic E-state index is 12.9. The van der Waals surface area contributed by atoms with Gasteiger partial charge >= 0.3 is 37.8 Å². The van der Waals surface area contributed by atoms with Gasteiger partial charge in [0.1, 0.15) is 50.9 Å². The van der Waals surface area contributed by atoms with Crippen molar-refractivity contribution in [3.8, 4) is 23.0 Å². The minimum atomic E-state index is -5.62. The van der Waals surface area contributed by atoms with Crippen LogP contribution >= 0.6 is 31.9 Å². The standard InChI is InChI=1S/C26H17NO2.C13H9BrO3.C13H7BrO2.C13H10O.C4F6O3.C4H10O.BF3/c28-26-20-9-3-6-12-24(20)29-25-16-19(13-14-21(25)26)27-22-10-4-1-7-17(22)15-18-8-2-5-11-23(18)27;14-9-6-7-11(13(15)16)12(8-9)17-10-4-2-1-3-5-10;14-8-5-6-10-12(7-8)16-11-4-2-1-3-9(11)13(10)15;1-3-7-12-10(5-1)9-11-6-2-4-8-13(11)14-12;5-3(6,7)1(11)13-2(12)4(8,9)10;1-3-5-4-2;2-1(3)4/h1-14,16H,15H2;1-8H,(H,15,16);1-7H;1-8H,9H2;;3-4H2,1-2H3;. The van der Waals surface area contributed by atoms with Crippen LogP contribution in [0.15, 0.2) is 258 Å². The third kappa shape index (κ3) is 19.6. The highest BCUT2D eigenvalue weighted by molar-refractivity contribution is 9.10. The van der Waals surface area contributed by atoms with Crippen LogP contribution in [0, 0.1) is 0 Å². The summed E-state index contributed by atoms with van der Waals surface area (Å²) in [6.45, 7) is 5.67. The van der Waals surface area contributed by atoms with Gasteiger partial charge in [0.15, 0.2) is 0 Å². The third-order valence-corrected chi connectivity index (χ3v) is 14.9. The van der Waals surface area contributed by atoms with Gasteiger partial charge in [0.25, 0.3) is 0 Å². The molecule has 502 valence electrons. The molecule has 0 radical (unpaired) electrons. The molecule has 0 aliphatic carbocycles. The molecule has 4 heterocycles. The average Bonchev–Trinajstić information content (AvgIpc) is 0.755. The van der Waals surface area contributed by atoms with Gasteiger partial charge in [0.05, 0.1) is 21.5 Å². The molecular weight excluding hydrogens is 1420 g/mol. The van der Waals surface area contributed by atoms with Gasteiger partial charge in [-0.05, 0) is 145 Å². The van der Waals surface area contributed by atoms with E-state index in [4.69, 9.17) is 28.2 Å². The number of aromatic carboxylic acids is 1. The van der Waals surface area contributed by atoms with E-state index in [1.165, 1.54) is 28.3 Å². The lowest BCUT2D eigenvalue weighted by Gasteiger charge is -2.33. The van der Waals surface area contributed by atoms with Crippen molar-refractivity contribution >= 4 is 118 Å². The number of rotatable bonds is 6. The molecule has 0 saturated heterocycles. The Hall–Kier alpha value is -10.5. The zero-order valence-electron chi connectivity index (χ0n) is 51.4. The van der Waals surface area contributed by atoms with E-state index in [0.717, 1.165) is 63.6 Å². The molecule has 0 atom stereocenters. The molecule has 98 heavy (non-hydrogen) atoms. The van der Waals surface area contributed by atoms with Gasteiger partial charge in [0, 0.05) is 58.1 Å². The summed E-state index contributed by atoms with van der Waals surface area (Å²) in [6, 6.07) is 73.1. The zero-order valence-corrected chi connectivity index (χ0v) is 54.6. The molecular formula is C73H53BBr2F9NO12. The first-order valence-corrected chi connectivity index (χ1v) is 31.0. The summed E-state index contributed by atoms with van der Waals surface area (Å²) in [5, 5.41) is 11.5. The predicted molar refractivity (Wildman–Crippen MR) is 363 cm³/mol. The van der Waals surface area contributed by atoms with Gasteiger partial charge < -0.3 is 37.8 Å². The molecule has 0 spiro atoms. The minimum Gasteiger partial charge on any atom is -0.478 e. The lowest BCUT2D eigenvalue weighted by Crippen LogP contribution is -2.34. The number of halogens is 11. The fourth-order valence-corrected chi connectivity index (χ4v) is 10.4. The highest BCUT2D eigenvalue weighted by Gasteiger charge is 2.49. The Morgan fingerprint density at radius 3 is 1.37 bits per heavy atom. The molecule has 14 rings (SSSR count). The summed E-state index contributed by atoms with van der Waals surface area (Å²) in [5.74, 6) is -4.50. The molecule has 25 heteroatoms. The lowest BCUT2D eigenvalue weighted by molar-refractivity contribution is -0.221. The topological polar surface area (TPSA) is 172 Å². The molecule has 0 fully saturated rings. The van der Waals surface area contributed by atoms with Crippen molar-refractivity contribution in [1.29, 1.82) is 0 Å². The van der Waals surface area contributed by atoms with Crippen LogP contribution in [-0.4, -0.2) is 56.1 Å². The van der Waals surface area contributed by atoms with Crippen molar-refractivity contribution in [2.45, 2.75) is 39.0 Å². The third-order valence-electron chi connectivity index (χ3n) is 14.0. The molecule has 0 saturated carbocycles. The van der Waals surface area contributed by atoms with Crippen LogP contribution in [0.2, 0.25) is 0 Å². The molecule has 0 amide bonds. The van der Waals surface area contributed by atoms with Crippen molar-refractivity contribution in [2.75, 3.05) is 18.1 Å². The van der Waals surface area contributed by atoms with Crippen molar-refractivity contribution in [2.24, 2.45) is 0 Å². The maximum absolute atomic E-state index is 12.9. The number of hydrogen-bond donors (Lipinski definition) is 1. The van der Waals surface area contributed by atoms with Crippen molar-refractivity contribution in [1.82, 2.24) is 0 Å². The first-order valence-electron chi connectivity index (χ1n) is 29.4. The van der Waals surface area contributed by atoms with Gasteiger partial charge in [-0.3, -0.25) is 22.5 Å². The fourth-order valence-electron chi connectivity index (χ4n) is 9.67. The molecule has 2 aliphatic heterocycles. The Kier molecular flexibility index (Phi) is 25.4. The lowest BCUT2D eigenvalue weighted by atomic mass is 9.95. The Morgan fingerprint density at radius 1 is 0.490 bits per heavy atom. The van der Waals surface area contributed by atoms with E-state index < -0.39 is 37.8 Å². The van der Waals surface area contributed by atoms with Gasteiger partial charge in [-0.2, -0.15) is 26.3 Å². The number of carbonyl (C=O) groups is 3. The number of fused-ring (bicyclic) bond motifs is 8. The van der Waals surface area contributed by atoms with E-state index in [-0.39, 0.29) is 16.4 Å². The molecule has 2 aromatic heterocycles. The van der Waals surface area contributed by atoms with Crippen LogP contribution in [0.4, 0.5) is 56.4 Å². The maximum Gasteiger partial charge on any atom is 0.762 e. The number of benzene rings is 10. The SMILES string of the molecule is CCOCC.FB(F)F.O=C(O)c1ccc(Br)cc1Oc1ccccc1.O=C(OC(=O)C(F)(F)F)C(F)(F)F.O=c1c2ccccc2oc2cc(Br)ccc12.O=c1c2ccccc2oc2cc(N3c4ccccc4Cc4ccccc43)ccc12.c1ccc2c(c1)Cc1ccccc1O2. The van der Waals surface area contributed by atoms with Crippen molar-refractivity contribution in [3.63, 3.8) is 0 Å². The molecule has 1 N–H and O–H groups in total. The minimum absolute atomic E-state index is 0.00726. The van der Waals surface area contributed by atoms with Gasteiger partial charge in [0.2, 0.25) is 10.9 Å². The van der Waals surface area contributed by atoms with Crippen LogP contribution in [0.5, 0.6) is 23.0 Å². The predicted octanol–water partition coefficient (Wildman–Crippen LogP) is 20.5.